The highest BCUT2D eigenvalue weighted by atomic mass is 32.1. The Hall–Kier alpha value is -1.92. The Bertz CT molecular complexity index is 874. The maximum Gasteiger partial charge on any atom is 0.341 e. The lowest BCUT2D eigenvalue weighted by molar-refractivity contribution is 0.0526. The quantitative estimate of drug-likeness (QED) is 0.403. The molecule has 1 aliphatic rings. The van der Waals surface area contributed by atoms with Crippen molar-refractivity contribution in [2.24, 2.45) is 0 Å². The maximum atomic E-state index is 12.8. The van der Waals surface area contributed by atoms with Crippen molar-refractivity contribution >= 4 is 39.6 Å². The molecular weight excluding hydrogens is 412 g/mol. The summed E-state index contributed by atoms with van der Waals surface area (Å²) in [5, 5.41) is 8.12. The molecule has 2 aromatic rings. The van der Waals surface area contributed by atoms with Crippen LogP contribution in [-0.2, 0) is 17.6 Å². The Morgan fingerprint density at radius 1 is 1.13 bits per heavy atom. The Morgan fingerprint density at radius 2 is 1.83 bits per heavy atom. The van der Waals surface area contributed by atoms with Gasteiger partial charge in [0.05, 0.1) is 18.2 Å². The van der Waals surface area contributed by atoms with Gasteiger partial charge in [-0.25, -0.2) is 4.79 Å². The molecule has 1 aliphatic carbocycles. The molecule has 0 aliphatic heterocycles. The Labute approximate surface area is 189 Å². The highest BCUT2D eigenvalue weighted by molar-refractivity contribution is 7.80. The molecule has 0 amide bonds. The summed E-state index contributed by atoms with van der Waals surface area (Å²) in [6.07, 6.45) is 7.62. The second-order valence-electron chi connectivity index (χ2n) is 7.81. The highest BCUT2D eigenvalue weighted by Crippen LogP contribution is 2.37. The van der Waals surface area contributed by atoms with Gasteiger partial charge in [0, 0.05) is 4.88 Å². The van der Waals surface area contributed by atoms with Gasteiger partial charge in [0.25, 0.3) is 0 Å². The van der Waals surface area contributed by atoms with Crippen molar-refractivity contribution in [3.8, 4) is 0 Å². The number of anilines is 1. The SMILES string of the molecule is CCOC(=O)c1c(NC(=S)NC(CC)c2ccc(C)cc2)sc2c1CCCCCC2. The first-order valence-electron chi connectivity index (χ1n) is 11.0. The van der Waals surface area contributed by atoms with Gasteiger partial charge in [0.15, 0.2) is 5.11 Å². The van der Waals surface area contributed by atoms with Crippen molar-refractivity contribution in [1.82, 2.24) is 5.32 Å². The number of carbonyl (C=O) groups is 1. The van der Waals surface area contributed by atoms with Gasteiger partial charge in [-0.15, -0.1) is 11.3 Å². The average molecular weight is 445 g/mol. The molecule has 0 saturated carbocycles. The summed E-state index contributed by atoms with van der Waals surface area (Å²) >= 11 is 7.30. The van der Waals surface area contributed by atoms with E-state index in [4.69, 9.17) is 17.0 Å². The van der Waals surface area contributed by atoms with Crippen LogP contribution in [0.25, 0.3) is 0 Å². The minimum Gasteiger partial charge on any atom is -0.462 e. The van der Waals surface area contributed by atoms with Crippen LogP contribution in [0.4, 0.5) is 5.00 Å². The smallest absolute Gasteiger partial charge is 0.341 e. The van der Waals surface area contributed by atoms with Gasteiger partial charge in [0.2, 0.25) is 0 Å². The predicted octanol–water partition coefficient (Wildman–Crippen LogP) is 6.33. The van der Waals surface area contributed by atoms with Crippen LogP contribution >= 0.6 is 23.6 Å². The summed E-state index contributed by atoms with van der Waals surface area (Å²) in [5.41, 5.74) is 4.29. The summed E-state index contributed by atoms with van der Waals surface area (Å²) < 4.78 is 5.39. The summed E-state index contributed by atoms with van der Waals surface area (Å²) in [4.78, 5) is 14.1. The number of esters is 1. The van der Waals surface area contributed by atoms with E-state index in [0.29, 0.717) is 17.3 Å². The molecule has 1 atom stereocenters. The van der Waals surface area contributed by atoms with Crippen LogP contribution in [0.1, 0.15) is 83.9 Å². The molecule has 6 heteroatoms. The number of nitrogens with one attached hydrogen (secondary N) is 2. The van der Waals surface area contributed by atoms with E-state index < -0.39 is 0 Å². The zero-order valence-electron chi connectivity index (χ0n) is 18.2. The molecule has 0 spiro atoms. The molecule has 162 valence electrons. The van der Waals surface area contributed by atoms with Gasteiger partial charge >= 0.3 is 5.97 Å². The molecule has 0 radical (unpaired) electrons. The van der Waals surface area contributed by atoms with E-state index in [2.05, 4.69) is 48.7 Å². The molecular formula is C24H32N2O2S2. The summed E-state index contributed by atoms with van der Waals surface area (Å²) in [6.45, 7) is 6.45. The molecule has 4 nitrogen and oxygen atoms in total. The lowest BCUT2D eigenvalue weighted by atomic mass is 9.96. The third kappa shape index (κ3) is 5.61. The van der Waals surface area contributed by atoms with Crippen LogP contribution in [0.3, 0.4) is 0 Å². The zero-order valence-corrected chi connectivity index (χ0v) is 19.8. The van der Waals surface area contributed by atoms with E-state index in [1.165, 1.54) is 35.3 Å². The Balaban J connectivity index is 1.81. The topological polar surface area (TPSA) is 50.4 Å². The first-order chi connectivity index (χ1) is 14.5. The molecule has 1 aromatic heterocycles. The van der Waals surface area contributed by atoms with E-state index in [0.717, 1.165) is 36.2 Å². The van der Waals surface area contributed by atoms with E-state index in [1.54, 1.807) is 11.3 Å². The molecule has 0 fully saturated rings. The number of aryl methyl sites for hydroxylation is 2. The second kappa shape index (κ2) is 10.9. The minimum atomic E-state index is -0.244. The van der Waals surface area contributed by atoms with Gasteiger partial charge in [-0.2, -0.15) is 0 Å². The normalized spacial score (nSPS) is 14.8. The van der Waals surface area contributed by atoms with Gasteiger partial charge in [-0.05, 0) is 69.3 Å². The zero-order chi connectivity index (χ0) is 21.5. The number of carbonyl (C=O) groups excluding carboxylic acids is 1. The molecule has 30 heavy (non-hydrogen) atoms. The minimum absolute atomic E-state index is 0.123. The van der Waals surface area contributed by atoms with E-state index in [-0.39, 0.29) is 12.0 Å². The maximum absolute atomic E-state index is 12.8. The number of hydrogen-bond donors (Lipinski definition) is 2. The highest BCUT2D eigenvalue weighted by Gasteiger charge is 2.26. The lowest BCUT2D eigenvalue weighted by Crippen LogP contribution is -2.32. The van der Waals surface area contributed by atoms with Crippen LogP contribution in [0.15, 0.2) is 24.3 Å². The fraction of sp³-hybridized carbons (Fsp3) is 0.500. The molecule has 0 saturated heterocycles. The monoisotopic (exact) mass is 444 g/mol. The largest absolute Gasteiger partial charge is 0.462 e. The summed E-state index contributed by atoms with van der Waals surface area (Å²) in [5.74, 6) is -0.244. The molecule has 2 N–H and O–H groups in total. The van der Waals surface area contributed by atoms with Crippen molar-refractivity contribution in [3.05, 3.63) is 51.4 Å². The third-order valence-corrected chi connectivity index (χ3v) is 7.00. The van der Waals surface area contributed by atoms with E-state index in [1.807, 2.05) is 6.92 Å². The fourth-order valence-electron chi connectivity index (χ4n) is 3.94. The summed E-state index contributed by atoms with van der Waals surface area (Å²) in [6, 6.07) is 8.64. The van der Waals surface area contributed by atoms with Gasteiger partial charge in [-0.1, -0.05) is 49.6 Å². The molecule has 1 aromatic carbocycles. The predicted molar refractivity (Wildman–Crippen MR) is 130 cm³/mol. The third-order valence-electron chi connectivity index (χ3n) is 5.57. The van der Waals surface area contributed by atoms with E-state index >= 15 is 0 Å². The van der Waals surface area contributed by atoms with Crippen molar-refractivity contribution < 1.29 is 9.53 Å². The Kier molecular flexibility index (Phi) is 8.28. The van der Waals surface area contributed by atoms with E-state index in [9.17, 15) is 4.79 Å². The number of benzene rings is 1. The standard InChI is InChI=1S/C24H32N2O2S2/c1-4-19(17-14-12-16(3)13-15-17)25-24(29)26-22-21(23(27)28-5-2)18-10-8-6-7-9-11-20(18)30-22/h12-15,19H,4-11H2,1-3H3,(H2,25,26,29). The first-order valence-corrected chi connectivity index (χ1v) is 12.2. The number of ether oxygens (including phenoxy) is 1. The summed E-state index contributed by atoms with van der Waals surface area (Å²) in [7, 11) is 0. The molecule has 0 bridgehead atoms. The van der Waals surface area contributed by atoms with Gasteiger partial charge in [-0.3, -0.25) is 0 Å². The van der Waals surface area contributed by atoms with Crippen molar-refractivity contribution in [2.45, 2.75) is 71.8 Å². The average Bonchev–Trinajstić information content (AvgIpc) is 3.03. The van der Waals surface area contributed by atoms with Crippen LogP contribution < -0.4 is 10.6 Å². The number of fused-ring (bicyclic) bond motifs is 1. The number of rotatable bonds is 6. The van der Waals surface area contributed by atoms with Crippen LogP contribution in [0.2, 0.25) is 0 Å². The molecule has 1 unspecified atom stereocenters. The Morgan fingerprint density at radius 3 is 2.50 bits per heavy atom. The number of thiocarbonyl (C=S) groups is 1. The van der Waals surface area contributed by atoms with Crippen molar-refractivity contribution in [3.63, 3.8) is 0 Å². The van der Waals surface area contributed by atoms with Crippen LogP contribution in [0, 0.1) is 6.92 Å². The van der Waals surface area contributed by atoms with Crippen LogP contribution in [0.5, 0.6) is 0 Å². The fourth-order valence-corrected chi connectivity index (χ4v) is 5.53. The van der Waals surface area contributed by atoms with Crippen molar-refractivity contribution in [2.75, 3.05) is 11.9 Å². The van der Waals surface area contributed by atoms with Crippen LogP contribution in [-0.4, -0.2) is 17.7 Å². The van der Waals surface area contributed by atoms with Gasteiger partial charge < -0.3 is 15.4 Å². The van der Waals surface area contributed by atoms with Gasteiger partial charge in [0.1, 0.15) is 5.00 Å². The second-order valence-corrected chi connectivity index (χ2v) is 9.33. The van der Waals surface area contributed by atoms with Crippen molar-refractivity contribution in [1.29, 1.82) is 0 Å². The lowest BCUT2D eigenvalue weighted by Gasteiger charge is -2.20. The number of thiophene rings is 1. The molecule has 1 heterocycles. The number of hydrogen-bond acceptors (Lipinski definition) is 4. The molecule has 3 rings (SSSR count). The first kappa shape index (κ1) is 22.8.